The van der Waals surface area contributed by atoms with E-state index in [1.54, 1.807) is 0 Å². The van der Waals surface area contributed by atoms with Gasteiger partial charge in [-0.15, -0.1) is 0 Å². The summed E-state index contributed by atoms with van der Waals surface area (Å²) in [6.45, 7) is 4.34. The fraction of sp³-hybridized carbons (Fsp3) is 0.538. The fourth-order valence-corrected chi connectivity index (χ4v) is 1.76. The van der Waals surface area contributed by atoms with E-state index in [4.69, 9.17) is 0 Å². The number of hydrogen-bond acceptors (Lipinski definition) is 0. The van der Waals surface area contributed by atoms with Crippen LogP contribution in [0.3, 0.4) is 0 Å². The Morgan fingerprint density at radius 3 is 2.79 bits per heavy atom. The van der Waals surface area contributed by atoms with Gasteiger partial charge in [-0.3, -0.25) is 0 Å². The molecule has 1 heterocycles. The van der Waals surface area contributed by atoms with Gasteiger partial charge < -0.3 is 4.57 Å². The quantitative estimate of drug-likeness (QED) is 0.643. The zero-order chi connectivity index (χ0) is 10.4. The van der Waals surface area contributed by atoms with Crippen LogP contribution in [-0.4, -0.2) is 4.57 Å². The Morgan fingerprint density at radius 1 is 1.36 bits per heavy atom. The molecule has 0 radical (unpaired) electrons. The fourth-order valence-electron chi connectivity index (χ4n) is 1.76. The summed E-state index contributed by atoms with van der Waals surface area (Å²) in [5.41, 5.74) is 0. The molecule has 0 atom stereocenters. The van der Waals surface area contributed by atoms with Gasteiger partial charge in [-0.05, 0) is 31.1 Å². The molecule has 1 heteroatoms. The zero-order valence-corrected chi connectivity index (χ0v) is 9.59. The molecule has 0 saturated carbocycles. The van der Waals surface area contributed by atoms with Crippen molar-refractivity contribution in [1.29, 1.82) is 0 Å². The van der Waals surface area contributed by atoms with Gasteiger partial charge in [-0.25, -0.2) is 0 Å². The molecular formula is C13H21N. The molecule has 1 aromatic heterocycles. The van der Waals surface area contributed by atoms with Crippen molar-refractivity contribution in [3.05, 3.63) is 22.8 Å². The standard InChI is InChI=1S/C13H21N/c1-4-6-7-8-9-12-10-11-14(3)13(12)5-2/h5,9-11H,4,6-8H2,1-3H3/b12-9-,13-5+. The van der Waals surface area contributed by atoms with Gasteiger partial charge in [0.15, 0.2) is 0 Å². The average molecular weight is 191 g/mol. The lowest BCUT2D eigenvalue weighted by molar-refractivity contribution is 0.740. The van der Waals surface area contributed by atoms with Crippen LogP contribution in [-0.2, 0) is 7.05 Å². The average Bonchev–Trinajstić information content (AvgIpc) is 2.54. The summed E-state index contributed by atoms with van der Waals surface area (Å²) in [4.78, 5) is 0. The van der Waals surface area contributed by atoms with Crippen LogP contribution in [0.5, 0.6) is 0 Å². The van der Waals surface area contributed by atoms with Crippen LogP contribution in [0.2, 0.25) is 0 Å². The van der Waals surface area contributed by atoms with Crippen molar-refractivity contribution in [2.45, 2.75) is 39.5 Å². The summed E-state index contributed by atoms with van der Waals surface area (Å²) >= 11 is 0. The number of aromatic nitrogens is 1. The number of aryl methyl sites for hydroxylation is 1. The van der Waals surface area contributed by atoms with Crippen LogP contribution in [0.1, 0.15) is 39.5 Å². The first-order chi connectivity index (χ1) is 6.79. The van der Waals surface area contributed by atoms with Gasteiger partial charge in [0, 0.05) is 18.6 Å². The minimum Gasteiger partial charge on any atom is -0.351 e. The highest BCUT2D eigenvalue weighted by Gasteiger charge is 1.89. The van der Waals surface area contributed by atoms with Gasteiger partial charge in [0.1, 0.15) is 0 Å². The van der Waals surface area contributed by atoms with Gasteiger partial charge in [0.05, 0.1) is 0 Å². The van der Waals surface area contributed by atoms with E-state index in [0.29, 0.717) is 0 Å². The number of nitrogens with zero attached hydrogens (tertiary/aromatic N) is 1. The van der Waals surface area contributed by atoms with E-state index in [1.165, 1.54) is 36.3 Å². The van der Waals surface area contributed by atoms with Gasteiger partial charge in [-0.2, -0.15) is 0 Å². The minimum atomic E-state index is 1.21. The van der Waals surface area contributed by atoms with Crippen LogP contribution in [0.15, 0.2) is 12.3 Å². The van der Waals surface area contributed by atoms with Crippen LogP contribution < -0.4 is 10.6 Å². The van der Waals surface area contributed by atoms with Gasteiger partial charge in [-0.1, -0.05) is 31.9 Å². The third-order valence-electron chi connectivity index (χ3n) is 2.60. The predicted octanol–water partition coefficient (Wildman–Crippen LogP) is 2.19. The van der Waals surface area contributed by atoms with E-state index in [1.807, 2.05) is 0 Å². The van der Waals surface area contributed by atoms with E-state index < -0.39 is 0 Å². The van der Waals surface area contributed by atoms with E-state index in [9.17, 15) is 0 Å². The molecule has 0 bridgehead atoms. The Bertz CT molecular complexity index is 370. The van der Waals surface area contributed by atoms with Gasteiger partial charge in [0.2, 0.25) is 0 Å². The van der Waals surface area contributed by atoms with Crippen LogP contribution in [0.25, 0.3) is 12.2 Å². The lowest BCUT2D eigenvalue weighted by Crippen LogP contribution is -2.26. The summed E-state index contributed by atoms with van der Waals surface area (Å²) in [5, 5.41) is 2.72. The highest BCUT2D eigenvalue weighted by Crippen LogP contribution is 1.98. The van der Waals surface area contributed by atoms with Crippen molar-refractivity contribution >= 4 is 12.2 Å². The van der Waals surface area contributed by atoms with Crippen LogP contribution in [0, 0.1) is 0 Å². The topological polar surface area (TPSA) is 4.93 Å². The van der Waals surface area contributed by atoms with Crippen molar-refractivity contribution in [3.63, 3.8) is 0 Å². The molecule has 0 amide bonds. The first kappa shape index (κ1) is 11.1. The molecule has 0 unspecified atom stereocenters. The summed E-state index contributed by atoms with van der Waals surface area (Å²) in [6.07, 6.45) is 11.8. The van der Waals surface area contributed by atoms with Crippen molar-refractivity contribution in [3.8, 4) is 0 Å². The molecule has 0 saturated heterocycles. The SMILES string of the molecule is C/C=c1\c(=C/CCCCC)ccn1C. The van der Waals surface area contributed by atoms with E-state index >= 15 is 0 Å². The number of unbranched alkanes of at least 4 members (excludes halogenated alkanes) is 3. The van der Waals surface area contributed by atoms with Crippen molar-refractivity contribution in [2.75, 3.05) is 0 Å². The maximum Gasteiger partial charge on any atom is 0.0431 e. The monoisotopic (exact) mass is 191 g/mol. The number of rotatable bonds is 4. The first-order valence-electron chi connectivity index (χ1n) is 5.57. The molecule has 0 aliphatic rings. The largest absolute Gasteiger partial charge is 0.351 e. The second kappa shape index (κ2) is 5.69. The maximum atomic E-state index is 2.35. The Labute approximate surface area is 86.8 Å². The summed E-state index contributed by atoms with van der Waals surface area (Å²) < 4.78 is 2.17. The Balaban J connectivity index is 2.75. The van der Waals surface area contributed by atoms with Gasteiger partial charge in [0.25, 0.3) is 0 Å². The third-order valence-corrected chi connectivity index (χ3v) is 2.60. The lowest BCUT2D eigenvalue weighted by Gasteiger charge is -1.91. The molecule has 0 N–H and O–H groups in total. The van der Waals surface area contributed by atoms with E-state index in [-0.39, 0.29) is 0 Å². The van der Waals surface area contributed by atoms with Gasteiger partial charge >= 0.3 is 0 Å². The van der Waals surface area contributed by atoms with E-state index in [0.717, 1.165) is 0 Å². The normalized spacial score (nSPS) is 13.9. The molecule has 1 nitrogen and oxygen atoms in total. The molecule has 0 spiro atoms. The first-order valence-corrected chi connectivity index (χ1v) is 5.57. The predicted molar refractivity (Wildman–Crippen MR) is 63.4 cm³/mol. The molecule has 0 aromatic carbocycles. The van der Waals surface area contributed by atoms with Crippen molar-refractivity contribution < 1.29 is 0 Å². The van der Waals surface area contributed by atoms with Crippen LogP contribution >= 0.6 is 0 Å². The van der Waals surface area contributed by atoms with Crippen molar-refractivity contribution in [2.24, 2.45) is 7.05 Å². The molecule has 0 aliphatic heterocycles. The minimum absolute atomic E-state index is 1.21. The molecule has 0 fully saturated rings. The lowest BCUT2D eigenvalue weighted by atomic mass is 10.2. The maximum absolute atomic E-state index is 2.35. The molecule has 14 heavy (non-hydrogen) atoms. The van der Waals surface area contributed by atoms with Crippen molar-refractivity contribution in [1.82, 2.24) is 4.57 Å². The summed E-state index contributed by atoms with van der Waals surface area (Å²) in [6, 6.07) is 2.20. The molecule has 0 aliphatic carbocycles. The summed E-state index contributed by atoms with van der Waals surface area (Å²) in [7, 11) is 2.10. The number of hydrogen-bond donors (Lipinski definition) is 0. The molecule has 1 rings (SSSR count). The molecular weight excluding hydrogens is 170 g/mol. The summed E-state index contributed by atoms with van der Waals surface area (Å²) in [5.74, 6) is 0. The molecule has 1 aromatic rings. The van der Waals surface area contributed by atoms with Crippen LogP contribution in [0.4, 0.5) is 0 Å². The third kappa shape index (κ3) is 2.76. The Morgan fingerprint density at radius 2 is 2.14 bits per heavy atom. The second-order valence-corrected chi connectivity index (χ2v) is 3.76. The smallest absolute Gasteiger partial charge is 0.0431 e. The Hall–Kier alpha value is -0.980. The highest BCUT2D eigenvalue weighted by atomic mass is 14.9. The second-order valence-electron chi connectivity index (χ2n) is 3.76. The Kier molecular flexibility index (Phi) is 4.51. The van der Waals surface area contributed by atoms with E-state index in [2.05, 4.69) is 49.9 Å². The highest BCUT2D eigenvalue weighted by molar-refractivity contribution is 5.28. The molecule has 78 valence electrons. The zero-order valence-electron chi connectivity index (χ0n) is 9.59.